The zero-order valence-corrected chi connectivity index (χ0v) is 12.0. The molecule has 5 heteroatoms. The average molecular weight is 282 g/mol. The zero-order valence-electron chi connectivity index (χ0n) is 12.0. The van der Waals surface area contributed by atoms with Gasteiger partial charge < -0.3 is 9.73 Å². The van der Waals surface area contributed by atoms with E-state index in [1.807, 2.05) is 41.2 Å². The van der Waals surface area contributed by atoms with E-state index in [0.29, 0.717) is 6.54 Å². The molecule has 0 spiro atoms. The Labute approximate surface area is 123 Å². The summed E-state index contributed by atoms with van der Waals surface area (Å²) in [5.41, 5.74) is 2.87. The molecule has 0 aliphatic rings. The highest BCUT2D eigenvalue weighted by molar-refractivity contribution is 5.58. The summed E-state index contributed by atoms with van der Waals surface area (Å²) in [7, 11) is 0. The summed E-state index contributed by atoms with van der Waals surface area (Å²) in [5, 5.41) is 7.72. The number of rotatable bonds is 6. The van der Waals surface area contributed by atoms with Crippen LogP contribution in [0.4, 0.5) is 0 Å². The molecular formula is C16H18N4O. The molecule has 3 rings (SSSR count). The van der Waals surface area contributed by atoms with Crippen molar-refractivity contribution in [1.82, 2.24) is 20.1 Å². The number of aromatic nitrogens is 3. The third-order valence-electron chi connectivity index (χ3n) is 3.23. The maximum absolute atomic E-state index is 5.53. The van der Waals surface area contributed by atoms with Gasteiger partial charge >= 0.3 is 0 Å². The van der Waals surface area contributed by atoms with Gasteiger partial charge in [0.1, 0.15) is 5.69 Å². The summed E-state index contributed by atoms with van der Waals surface area (Å²) >= 11 is 0. The number of benzene rings is 1. The normalized spacial score (nSPS) is 10.9. The molecule has 0 aliphatic heterocycles. The highest BCUT2D eigenvalue weighted by Crippen LogP contribution is 2.23. The molecule has 0 aliphatic carbocycles. The van der Waals surface area contributed by atoms with Gasteiger partial charge in [-0.25, -0.2) is 9.67 Å². The van der Waals surface area contributed by atoms with E-state index < -0.39 is 0 Å². The van der Waals surface area contributed by atoms with E-state index in [-0.39, 0.29) is 0 Å². The molecule has 0 saturated carbocycles. The minimum Gasteiger partial charge on any atom is -0.443 e. The molecule has 5 nitrogen and oxygen atoms in total. The number of nitrogens with one attached hydrogen (secondary N) is 1. The molecule has 0 atom stereocenters. The van der Waals surface area contributed by atoms with Crippen molar-refractivity contribution in [3.63, 3.8) is 0 Å². The molecule has 0 radical (unpaired) electrons. The Morgan fingerprint density at radius 2 is 2.10 bits per heavy atom. The number of nitrogens with zero attached hydrogens (tertiary/aromatic N) is 3. The van der Waals surface area contributed by atoms with E-state index in [1.54, 1.807) is 6.20 Å². The van der Waals surface area contributed by atoms with Crippen molar-refractivity contribution in [2.75, 3.05) is 6.54 Å². The first kappa shape index (κ1) is 13.6. The largest absolute Gasteiger partial charge is 0.443 e. The van der Waals surface area contributed by atoms with Gasteiger partial charge in [0, 0.05) is 12.7 Å². The SMILES string of the molecule is CCCNCc1ncoc1-c1cnn(-c2ccccc2)c1. The maximum Gasteiger partial charge on any atom is 0.181 e. The predicted octanol–water partition coefficient (Wildman–Crippen LogP) is 3.03. The Kier molecular flexibility index (Phi) is 4.12. The second kappa shape index (κ2) is 6.37. The molecule has 108 valence electrons. The molecule has 2 aromatic heterocycles. The smallest absolute Gasteiger partial charge is 0.181 e. The summed E-state index contributed by atoms with van der Waals surface area (Å²) in [6, 6.07) is 10.0. The topological polar surface area (TPSA) is 55.9 Å². The second-order valence-corrected chi connectivity index (χ2v) is 4.81. The Hall–Kier alpha value is -2.40. The van der Waals surface area contributed by atoms with Crippen molar-refractivity contribution in [2.24, 2.45) is 0 Å². The minimum atomic E-state index is 0.705. The van der Waals surface area contributed by atoms with Gasteiger partial charge in [0.05, 0.1) is 17.4 Å². The van der Waals surface area contributed by atoms with Crippen molar-refractivity contribution < 1.29 is 4.42 Å². The molecule has 0 fully saturated rings. The fraction of sp³-hybridized carbons (Fsp3) is 0.250. The van der Waals surface area contributed by atoms with Crippen LogP contribution >= 0.6 is 0 Å². The zero-order chi connectivity index (χ0) is 14.5. The molecular weight excluding hydrogens is 264 g/mol. The van der Waals surface area contributed by atoms with E-state index in [9.17, 15) is 0 Å². The quantitative estimate of drug-likeness (QED) is 0.706. The maximum atomic E-state index is 5.53. The Morgan fingerprint density at radius 3 is 2.90 bits per heavy atom. The fourth-order valence-electron chi connectivity index (χ4n) is 2.18. The number of oxazole rings is 1. The highest BCUT2D eigenvalue weighted by Gasteiger charge is 2.12. The molecule has 0 saturated heterocycles. The van der Waals surface area contributed by atoms with E-state index in [4.69, 9.17) is 4.42 Å². The van der Waals surface area contributed by atoms with Crippen LogP contribution in [0, 0.1) is 0 Å². The molecule has 3 aromatic rings. The van der Waals surface area contributed by atoms with Crippen LogP contribution in [0.3, 0.4) is 0 Å². The summed E-state index contributed by atoms with van der Waals surface area (Å²) in [4.78, 5) is 4.28. The van der Waals surface area contributed by atoms with Crippen molar-refractivity contribution in [3.05, 3.63) is 54.8 Å². The van der Waals surface area contributed by atoms with E-state index in [2.05, 4.69) is 22.3 Å². The molecule has 1 N–H and O–H groups in total. The Morgan fingerprint density at radius 1 is 1.24 bits per heavy atom. The Balaban J connectivity index is 1.82. The molecule has 0 bridgehead atoms. The predicted molar refractivity (Wildman–Crippen MR) is 81.1 cm³/mol. The monoisotopic (exact) mass is 282 g/mol. The molecule has 21 heavy (non-hydrogen) atoms. The molecule has 0 unspecified atom stereocenters. The summed E-state index contributed by atoms with van der Waals surface area (Å²) in [5.74, 6) is 0.779. The van der Waals surface area contributed by atoms with Crippen molar-refractivity contribution in [1.29, 1.82) is 0 Å². The summed E-state index contributed by atoms with van der Waals surface area (Å²) < 4.78 is 7.36. The standard InChI is InChI=1S/C16H18N4O/c1-2-8-17-10-15-16(21-12-18-15)13-9-19-20(11-13)14-6-4-3-5-7-14/h3-7,9,11-12,17H,2,8,10H2,1H3. The van der Waals surface area contributed by atoms with Crippen LogP contribution in [0.2, 0.25) is 0 Å². The van der Waals surface area contributed by atoms with Crippen molar-refractivity contribution in [2.45, 2.75) is 19.9 Å². The van der Waals surface area contributed by atoms with Crippen LogP contribution < -0.4 is 5.32 Å². The van der Waals surface area contributed by atoms with Gasteiger partial charge in [0.2, 0.25) is 0 Å². The van der Waals surface area contributed by atoms with Gasteiger partial charge in [0.25, 0.3) is 0 Å². The Bertz CT molecular complexity index is 687. The van der Waals surface area contributed by atoms with Crippen LogP contribution in [-0.2, 0) is 6.54 Å². The van der Waals surface area contributed by atoms with Gasteiger partial charge in [-0.15, -0.1) is 0 Å². The highest BCUT2D eigenvalue weighted by atomic mass is 16.3. The van der Waals surface area contributed by atoms with E-state index in [1.165, 1.54) is 6.39 Å². The van der Waals surface area contributed by atoms with Gasteiger partial charge in [-0.3, -0.25) is 0 Å². The van der Waals surface area contributed by atoms with Crippen LogP contribution in [0.25, 0.3) is 17.0 Å². The number of hydrogen-bond acceptors (Lipinski definition) is 4. The molecule has 1 aromatic carbocycles. The minimum absolute atomic E-state index is 0.705. The number of hydrogen-bond donors (Lipinski definition) is 1. The first-order valence-corrected chi connectivity index (χ1v) is 7.12. The average Bonchev–Trinajstić information content (AvgIpc) is 3.17. The molecule has 2 heterocycles. The van der Waals surface area contributed by atoms with Crippen LogP contribution in [-0.4, -0.2) is 21.3 Å². The summed E-state index contributed by atoms with van der Waals surface area (Å²) in [6.45, 7) is 3.81. The first-order valence-electron chi connectivity index (χ1n) is 7.12. The van der Waals surface area contributed by atoms with Crippen LogP contribution in [0.1, 0.15) is 19.0 Å². The van der Waals surface area contributed by atoms with E-state index in [0.717, 1.165) is 35.7 Å². The summed E-state index contributed by atoms with van der Waals surface area (Å²) in [6.07, 6.45) is 6.34. The van der Waals surface area contributed by atoms with E-state index >= 15 is 0 Å². The second-order valence-electron chi connectivity index (χ2n) is 4.81. The fourth-order valence-corrected chi connectivity index (χ4v) is 2.18. The third-order valence-corrected chi connectivity index (χ3v) is 3.23. The lowest BCUT2D eigenvalue weighted by Gasteiger charge is -2.01. The van der Waals surface area contributed by atoms with Gasteiger partial charge in [0.15, 0.2) is 12.2 Å². The number of para-hydroxylation sites is 1. The lowest BCUT2D eigenvalue weighted by atomic mass is 10.2. The molecule has 0 amide bonds. The van der Waals surface area contributed by atoms with Crippen LogP contribution in [0.5, 0.6) is 0 Å². The van der Waals surface area contributed by atoms with Crippen LogP contribution in [0.15, 0.2) is 53.5 Å². The van der Waals surface area contributed by atoms with Crippen molar-refractivity contribution >= 4 is 0 Å². The van der Waals surface area contributed by atoms with Gasteiger partial charge in [-0.05, 0) is 25.1 Å². The van der Waals surface area contributed by atoms with Crippen molar-refractivity contribution in [3.8, 4) is 17.0 Å². The lowest BCUT2D eigenvalue weighted by Crippen LogP contribution is -2.14. The lowest BCUT2D eigenvalue weighted by molar-refractivity contribution is 0.569. The third kappa shape index (κ3) is 3.03. The van der Waals surface area contributed by atoms with Gasteiger partial charge in [-0.2, -0.15) is 5.10 Å². The first-order chi connectivity index (χ1) is 10.4. The van der Waals surface area contributed by atoms with Gasteiger partial charge in [-0.1, -0.05) is 25.1 Å².